The quantitative estimate of drug-likeness (QED) is 0.525. The van der Waals surface area contributed by atoms with Gasteiger partial charge in [0.15, 0.2) is 5.75 Å². The third-order valence-electron chi connectivity index (χ3n) is 3.71. The molecule has 7 heteroatoms. The van der Waals surface area contributed by atoms with E-state index in [0.717, 1.165) is 23.4 Å². The molecule has 0 aliphatic carbocycles. The van der Waals surface area contributed by atoms with Crippen molar-refractivity contribution in [2.24, 2.45) is 0 Å². The number of nitrogens with zero attached hydrogens (tertiary/aromatic N) is 2. The molecule has 1 amide bonds. The number of nitro groups is 1. The van der Waals surface area contributed by atoms with Crippen molar-refractivity contribution in [2.75, 3.05) is 5.32 Å². The smallest absolute Gasteiger partial charge is 0.310 e. The van der Waals surface area contributed by atoms with Crippen LogP contribution >= 0.6 is 0 Å². The van der Waals surface area contributed by atoms with Gasteiger partial charge in [0.25, 0.3) is 5.91 Å². The molecule has 0 fully saturated rings. The Bertz CT molecular complexity index is 1020. The van der Waals surface area contributed by atoms with Crippen molar-refractivity contribution in [3.8, 4) is 5.75 Å². The number of benzene rings is 2. The zero-order chi connectivity index (χ0) is 19.2. The highest BCUT2D eigenvalue weighted by Crippen LogP contribution is 2.26. The maximum Gasteiger partial charge on any atom is 0.310 e. The van der Waals surface area contributed by atoms with E-state index in [1.54, 1.807) is 24.4 Å². The van der Waals surface area contributed by atoms with Crippen LogP contribution in [0.4, 0.5) is 11.4 Å². The van der Waals surface area contributed by atoms with Crippen molar-refractivity contribution in [3.05, 3.63) is 93.8 Å². The van der Waals surface area contributed by atoms with Crippen LogP contribution in [0.5, 0.6) is 5.75 Å². The highest BCUT2D eigenvalue weighted by molar-refractivity contribution is 6.04. The number of aromatic hydroxyl groups is 1. The van der Waals surface area contributed by atoms with Crippen molar-refractivity contribution in [1.29, 1.82) is 0 Å². The lowest BCUT2D eigenvalue weighted by molar-refractivity contribution is -0.385. The van der Waals surface area contributed by atoms with Gasteiger partial charge in [0.1, 0.15) is 0 Å². The molecular formula is C20H15N3O4. The summed E-state index contributed by atoms with van der Waals surface area (Å²) in [7, 11) is 0. The number of pyridine rings is 1. The fourth-order valence-corrected chi connectivity index (χ4v) is 2.40. The Morgan fingerprint density at radius 2 is 1.93 bits per heavy atom. The average molecular weight is 361 g/mol. The molecular weight excluding hydrogens is 346 g/mol. The number of rotatable bonds is 5. The van der Waals surface area contributed by atoms with Crippen LogP contribution in [-0.2, 0) is 0 Å². The standard InChI is InChI=1S/C20H15N3O4/c24-19-13-15(8-10-18(19)23(26)27)20(25)22-17-6-3-4-14(12-17)7-9-16-5-1-2-11-21-16/h1-13,24H,(H,22,25)/b9-7+. The van der Waals surface area contributed by atoms with Gasteiger partial charge in [-0.3, -0.25) is 19.9 Å². The Morgan fingerprint density at radius 1 is 1.07 bits per heavy atom. The molecule has 0 bridgehead atoms. The molecule has 3 rings (SSSR count). The van der Waals surface area contributed by atoms with Gasteiger partial charge >= 0.3 is 5.69 Å². The molecule has 27 heavy (non-hydrogen) atoms. The second-order valence-electron chi connectivity index (χ2n) is 5.63. The summed E-state index contributed by atoms with van der Waals surface area (Å²) in [6.45, 7) is 0. The van der Waals surface area contributed by atoms with Gasteiger partial charge < -0.3 is 10.4 Å². The number of amides is 1. The van der Waals surface area contributed by atoms with E-state index >= 15 is 0 Å². The molecule has 1 heterocycles. The second kappa shape index (κ2) is 7.92. The number of nitro benzene ring substituents is 1. The summed E-state index contributed by atoms with van der Waals surface area (Å²) in [6.07, 6.45) is 5.43. The molecule has 3 aromatic rings. The maximum atomic E-state index is 12.3. The van der Waals surface area contributed by atoms with E-state index in [0.29, 0.717) is 5.69 Å². The number of carbonyl (C=O) groups excluding carboxylic acids is 1. The Balaban J connectivity index is 1.74. The molecule has 0 saturated heterocycles. The van der Waals surface area contributed by atoms with Crippen molar-refractivity contribution < 1.29 is 14.8 Å². The first-order chi connectivity index (χ1) is 13.0. The van der Waals surface area contributed by atoms with E-state index in [4.69, 9.17) is 0 Å². The van der Waals surface area contributed by atoms with Crippen LogP contribution < -0.4 is 5.32 Å². The van der Waals surface area contributed by atoms with Crippen molar-refractivity contribution >= 4 is 29.4 Å². The number of phenolic OH excluding ortho intramolecular Hbond substituents is 1. The Labute approximate surface area is 154 Å². The van der Waals surface area contributed by atoms with Gasteiger partial charge in [0, 0.05) is 23.5 Å². The number of anilines is 1. The molecule has 0 spiro atoms. The number of nitrogens with one attached hydrogen (secondary N) is 1. The van der Waals surface area contributed by atoms with E-state index in [1.807, 2.05) is 36.4 Å². The molecule has 134 valence electrons. The minimum absolute atomic E-state index is 0.118. The minimum Gasteiger partial charge on any atom is -0.502 e. The summed E-state index contributed by atoms with van der Waals surface area (Å²) in [4.78, 5) is 26.5. The van der Waals surface area contributed by atoms with Crippen LogP contribution in [0.15, 0.2) is 66.9 Å². The van der Waals surface area contributed by atoms with Crippen molar-refractivity contribution in [2.45, 2.75) is 0 Å². The van der Waals surface area contributed by atoms with Gasteiger partial charge in [-0.1, -0.05) is 24.3 Å². The second-order valence-corrected chi connectivity index (χ2v) is 5.63. The van der Waals surface area contributed by atoms with Crippen molar-refractivity contribution in [1.82, 2.24) is 4.98 Å². The van der Waals surface area contributed by atoms with Crippen LogP contribution in [0.2, 0.25) is 0 Å². The van der Waals surface area contributed by atoms with Crippen LogP contribution in [0.1, 0.15) is 21.6 Å². The maximum absolute atomic E-state index is 12.3. The number of aromatic nitrogens is 1. The van der Waals surface area contributed by atoms with Gasteiger partial charge in [0.05, 0.1) is 10.6 Å². The Hall–Kier alpha value is -4.00. The fourth-order valence-electron chi connectivity index (χ4n) is 2.40. The molecule has 7 nitrogen and oxygen atoms in total. The molecule has 0 aliphatic heterocycles. The zero-order valence-corrected chi connectivity index (χ0v) is 14.1. The first-order valence-electron chi connectivity index (χ1n) is 8.01. The van der Waals surface area contributed by atoms with E-state index in [-0.39, 0.29) is 5.56 Å². The average Bonchev–Trinajstić information content (AvgIpc) is 2.67. The first-order valence-corrected chi connectivity index (χ1v) is 8.01. The normalized spacial score (nSPS) is 10.7. The van der Waals surface area contributed by atoms with Gasteiger partial charge in [-0.05, 0) is 48.0 Å². The lowest BCUT2D eigenvalue weighted by Gasteiger charge is -2.07. The molecule has 0 unspecified atom stereocenters. The van der Waals surface area contributed by atoms with Gasteiger partial charge in [-0.15, -0.1) is 0 Å². The summed E-state index contributed by atoms with van der Waals surface area (Å²) >= 11 is 0. The van der Waals surface area contributed by atoms with E-state index in [9.17, 15) is 20.0 Å². The van der Waals surface area contributed by atoms with E-state index in [1.165, 1.54) is 6.07 Å². The van der Waals surface area contributed by atoms with Crippen LogP contribution in [-0.4, -0.2) is 20.9 Å². The first kappa shape index (κ1) is 17.8. The van der Waals surface area contributed by atoms with E-state index < -0.39 is 22.3 Å². The van der Waals surface area contributed by atoms with Crippen LogP contribution in [0.3, 0.4) is 0 Å². The minimum atomic E-state index is -0.714. The summed E-state index contributed by atoms with van der Waals surface area (Å²) in [6, 6.07) is 16.2. The highest BCUT2D eigenvalue weighted by Gasteiger charge is 2.16. The molecule has 1 aromatic heterocycles. The summed E-state index contributed by atoms with van der Waals surface area (Å²) in [5.41, 5.74) is 1.90. The number of phenols is 1. The summed E-state index contributed by atoms with van der Waals surface area (Å²) in [5, 5.41) is 23.1. The SMILES string of the molecule is O=C(Nc1cccc(/C=C/c2ccccn2)c1)c1ccc([N+](=O)[O-])c(O)c1. The summed E-state index contributed by atoms with van der Waals surface area (Å²) < 4.78 is 0. The van der Waals surface area contributed by atoms with E-state index in [2.05, 4.69) is 10.3 Å². The van der Waals surface area contributed by atoms with Gasteiger partial charge in [-0.25, -0.2) is 0 Å². The van der Waals surface area contributed by atoms with Gasteiger partial charge in [-0.2, -0.15) is 0 Å². The van der Waals surface area contributed by atoms with Gasteiger partial charge in [0.2, 0.25) is 0 Å². The van der Waals surface area contributed by atoms with Crippen molar-refractivity contribution in [3.63, 3.8) is 0 Å². The lowest BCUT2D eigenvalue weighted by Crippen LogP contribution is -2.11. The Morgan fingerprint density at radius 3 is 2.63 bits per heavy atom. The monoisotopic (exact) mass is 361 g/mol. The number of hydrogen-bond acceptors (Lipinski definition) is 5. The third kappa shape index (κ3) is 4.55. The fraction of sp³-hybridized carbons (Fsp3) is 0. The highest BCUT2D eigenvalue weighted by atomic mass is 16.6. The van der Waals surface area contributed by atoms with Crippen LogP contribution in [0.25, 0.3) is 12.2 Å². The molecule has 0 radical (unpaired) electrons. The largest absolute Gasteiger partial charge is 0.502 e. The van der Waals surface area contributed by atoms with Crippen LogP contribution in [0, 0.1) is 10.1 Å². The molecule has 0 atom stereocenters. The Kier molecular flexibility index (Phi) is 5.22. The molecule has 0 saturated carbocycles. The third-order valence-corrected chi connectivity index (χ3v) is 3.71. The molecule has 2 aromatic carbocycles. The predicted octanol–water partition coefficient (Wildman–Crippen LogP) is 4.12. The molecule has 0 aliphatic rings. The lowest BCUT2D eigenvalue weighted by atomic mass is 10.1. The number of hydrogen-bond donors (Lipinski definition) is 2. The number of carbonyl (C=O) groups is 1. The summed E-state index contributed by atoms with van der Waals surface area (Å²) in [5.74, 6) is -1.04. The topological polar surface area (TPSA) is 105 Å². The molecule has 2 N–H and O–H groups in total. The zero-order valence-electron chi connectivity index (χ0n) is 14.1. The predicted molar refractivity (Wildman–Crippen MR) is 102 cm³/mol.